The number of hydrogen-bond acceptors (Lipinski definition) is 3. The fraction of sp³-hybridized carbons (Fsp3) is 0.294. The molecular formula is C17H14F6O3. The summed E-state index contributed by atoms with van der Waals surface area (Å²) < 4.78 is 87.1. The lowest BCUT2D eigenvalue weighted by molar-refractivity contribution is -0.139. The number of ether oxygens (including phenoxy) is 2. The Kier molecular flexibility index (Phi) is 5.41. The summed E-state index contributed by atoms with van der Waals surface area (Å²) in [6, 6.07) is 5.28. The quantitative estimate of drug-likeness (QED) is 0.773. The first-order valence-corrected chi connectivity index (χ1v) is 7.17. The molecule has 0 saturated carbocycles. The van der Waals surface area contributed by atoms with Gasteiger partial charge in [-0.3, -0.25) is 0 Å². The smallest absolute Gasteiger partial charge is 0.420 e. The number of aliphatic hydroxyl groups excluding tert-OH is 1. The summed E-state index contributed by atoms with van der Waals surface area (Å²) in [5.74, 6) is -0.813. The minimum Gasteiger partial charge on any atom is -0.493 e. The van der Waals surface area contributed by atoms with E-state index in [1.54, 1.807) is 0 Å². The van der Waals surface area contributed by atoms with E-state index < -0.39 is 35.3 Å². The first-order chi connectivity index (χ1) is 12.0. The number of benzene rings is 2. The zero-order valence-electron chi connectivity index (χ0n) is 13.6. The average Bonchev–Trinajstić information content (AvgIpc) is 2.58. The molecule has 26 heavy (non-hydrogen) atoms. The molecule has 142 valence electrons. The number of rotatable bonds is 4. The van der Waals surface area contributed by atoms with Crippen LogP contribution in [0.2, 0.25) is 0 Å². The molecule has 3 nitrogen and oxygen atoms in total. The number of halogens is 6. The lowest BCUT2D eigenvalue weighted by Gasteiger charge is -2.19. The highest BCUT2D eigenvalue weighted by molar-refractivity contribution is 5.52. The van der Waals surface area contributed by atoms with E-state index in [-0.39, 0.29) is 16.9 Å². The average molecular weight is 380 g/mol. The third kappa shape index (κ3) is 4.04. The van der Waals surface area contributed by atoms with Crippen molar-refractivity contribution in [2.24, 2.45) is 0 Å². The minimum absolute atomic E-state index is 0.00153. The van der Waals surface area contributed by atoms with Gasteiger partial charge in [0, 0.05) is 0 Å². The molecule has 1 N–H and O–H groups in total. The maximum atomic E-state index is 13.2. The Hall–Kier alpha value is -2.42. The molecule has 1 unspecified atom stereocenters. The van der Waals surface area contributed by atoms with E-state index in [1.807, 2.05) is 0 Å². The normalized spacial score (nSPS) is 13.4. The standard InChI is InChI=1S/C17H14F6O3/c1-25-13-8-10(7-12(15(13)26-2)17(21,22)23)14(24)9-3-5-11(6-4-9)16(18,19)20/h3-8,14,24H,1-2H3. The summed E-state index contributed by atoms with van der Waals surface area (Å²) in [7, 11) is 2.17. The highest BCUT2D eigenvalue weighted by atomic mass is 19.4. The van der Waals surface area contributed by atoms with Crippen LogP contribution in [0.15, 0.2) is 36.4 Å². The molecule has 0 aliphatic heterocycles. The van der Waals surface area contributed by atoms with E-state index in [9.17, 15) is 31.4 Å². The molecule has 1 atom stereocenters. The topological polar surface area (TPSA) is 38.7 Å². The fourth-order valence-electron chi connectivity index (χ4n) is 2.40. The van der Waals surface area contributed by atoms with Gasteiger partial charge in [0.25, 0.3) is 0 Å². The molecule has 0 aliphatic carbocycles. The van der Waals surface area contributed by atoms with Crippen LogP contribution in [0.25, 0.3) is 0 Å². The monoisotopic (exact) mass is 380 g/mol. The van der Waals surface area contributed by atoms with Crippen LogP contribution in [0.4, 0.5) is 26.3 Å². The van der Waals surface area contributed by atoms with Gasteiger partial charge in [-0.05, 0) is 35.4 Å². The maximum absolute atomic E-state index is 13.2. The van der Waals surface area contributed by atoms with E-state index in [0.717, 1.165) is 44.6 Å². The molecule has 2 rings (SSSR count). The molecule has 0 fully saturated rings. The Labute approximate surface area is 144 Å². The number of hydrogen-bond donors (Lipinski definition) is 1. The molecule has 0 aromatic heterocycles. The zero-order chi connectivity index (χ0) is 19.7. The van der Waals surface area contributed by atoms with Gasteiger partial charge < -0.3 is 14.6 Å². The van der Waals surface area contributed by atoms with E-state index in [1.165, 1.54) is 0 Å². The Balaban J connectivity index is 2.50. The molecule has 0 saturated heterocycles. The molecular weight excluding hydrogens is 366 g/mol. The van der Waals surface area contributed by atoms with Gasteiger partial charge in [-0.1, -0.05) is 12.1 Å². The van der Waals surface area contributed by atoms with Crippen molar-refractivity contribution in [3.05, 3.63) is 58.7 Å². The van der Waals surface area contributed by atoms with E-state index in [0.29, 0.717) is 6.07 Å². The van der Waals surface area contributed by atoms with Gasteiger partial charge in [0.15, 0.2) is 11.5 Å². The van der Waals surface area contributed by atoms with Crippen LogP contribution in [0.1, 0.15) is 28.4 Å². The van der Waals surface area contributed by atoms with Crippen molar-refractivity contribution >= 4 is 0 Å². The highest BCUT2D eigenvalue weighted by Gasteiger charge is 2.37. The van der Waals surface area contributed by atoms with Crippen molar-refractivity contribution in [1.29, 1.82) is 0 Å². The van der Waals surface area contributed by atoms with Gasteiger partial charge >= 0.3 is 12.4 Å². The Morgan fingerprint density at radius 3 is 1.81 bits per heavy atom. The van der Waals surface area contributed by atoms with Crippen molar-refractivity contribution in [2.45, 2.75) is 18.5 Å². The summed E-state index contributed by atoms with van der Waals surface area (Å²) >= 11 is 0. The minimum atomic E-state index is -4.78. The van der Waals surface area contributed by atoms with Gasteiger partial charge in [-0.25, -0.2) is 0 Å². The summed E-state index contributed by atoms with van der Waals surface area (Å²) in [4.78, 5) is 0. The first-order valence-electron chi connectivity index (χ1n) is 7.17. The molecule has 9 heteroatoms. The van der Waals surface area contributed by atoms with E-state index in [2.05, 4.69) is 0 Å². The van der Waals surface area contributed by atoms with Crippen molar-refractivity contribution in [2.75, 3.05) is 14.2 Å². The van der Waals surface area contributed by atoms with Crippen LogP contribution >= 0.6 is 0 Å². The van der Waals surface area contributed by atoms with Crippen molar-refractivity contribution < 1.29 is 40.9 Å². The molecule has 2 aromatic carbocycles. The van der Waals surface area contributed by atoms with Gasteiger partial charge in [-0.15, -0.1) is 0 Å². The third-order valence-electron chi connectivity index (χ3n) is 3.68. The Morgan fingerprint density at radius 1 is 0.808 bits per heavy atom. The van der Waals surface area contributed by atoms with Gasteiger partial charge in [0.2, 0.25) is 0 Å². The first kappa shape index (κ1) is 19.9. The summed E-state index contributed by atoms with van der Waals surface area (Å²) in [5.41, 5.74) is -2.30. The van der Waals surface area contributed by atoms with Crippen LogP contribution in [0, 0.1) is 0 Å². The molecule has 0 radical (unpaired) electrons. The molecule has 0 bridgehead atoms. The second-order valence-electron chi connectivity index (χ2n) is 5.32. The maximum Gasteiger partial charge on any atom is 0.420 e. The highest BCUT2D eigenvalue weighted by Crippen LogP contribution is 2.44. The SMILES string of the molecule is COc1cc(C(O)c2ccc(C(F)(F)F)cc2)cc(C(F)(F)F)c1OC. The molecule has 0 heterocycles. The van der Waals surface area contributed by atoms with Crippen LogP contribution < -0.4 is 9.47 Å². The Bertz CT molecular complexity index is 766. The number of aliphatic hydroxyl groups is 1. The number of alkyl halides is 6. The van der Waals surface area contributed by atoms with Crippen LogP contribution in [0.5, 0.6) is 11.5 Å². The molecule has 0 spiro atoms. The number of methoxy groups -OCH3 is 2. The van der Waals surface area contributed by atoms with Crippen molar-refractivity contribution in [3.8, 4) is 11.5 Å². The van der Waals surface area contributed by atoms with E-state index in [4.69, 9.17) is 9.47 Å². The summed E-state index contributed by atoms with van der Waals surface area (Å²) in [6.45, 7) is 0. The van der Waals surface area contributed by atoms with Gasteiger partial charge in [-0.2, -0.15) is 26.3 Å². The van der Waals surface area contributed by atoms with Crippen molar-refractivity contribution in [3.63, 3.8) is 0 Å². The second kappa shape index (κ2) is 7.06. The predicted molar refractivity (Wildman–Crippen MR) is 80.1 cm³/mol. The summed E-state index contributed by atoms with van der Waals surface area (Å²) in [6.07, 6.45) is -10.9. The lowest BCUT2D eigenvalue weighted by Crippen LogP contribution is -2.11. The van der Waals surface area contributed by atoms with Crippen LogP contribution in [0.3, 0.4) is 0 Å². The molecule has 0 amide bonds. The fourth-order valence-corrected chi connectivity index (χ4v) is 2.40. The second-order valence-corrected chi connectivity index (χ2v) is 5.32. The zero-order valence-corrected chi connectivity index (χ0v) is 13.6. The summed E-state index contributed by atoms with van der Waals surface area (Å²) in [5, 5.41) is 10.3. The third-order valence-corrected chi connectivity index (χ3v) is 3.68. The van der Waals surface area contributed by atoms with Gasteiger partial charge in [0.05, 0.1) is 19.8 Å². The Morgan fingerprint density at radius 2 is 1.38 bits per heavy atom. The van der Waals surface area contributed by atoms with E-state index >= 15 is 0 Å². The van der Waals surface area contributed by atoms with Crippen LogP contribution in [-0.2, 0) is 12.4 Å². The van der Waals surface area contributed by atoms with Crippen LogP contribution in [-0.4, -0.2) is 19.3 Å². The van der Waals surface area contributed by atoms with Crippen molar-refractivity contribution in [1.82, 2.24) is 0 Å². The lowest BCUT2D eigenvalue weighted by atomic mass is 9.97. The molecule has 2 aromatic rings. The molecule has 0 aliphatic rings. The largest absolute Gasteiger partial charge is 0.493 e. The van der Waals surface area contributed by atoms with Gasteiger partial charge in [0.1, 0.15) is 11.7 Å². The predicted octanol–water partition coefficient (Wildman–Crippen LogP) is 4.82.